The lowest BCUT2D eigenvalue weighted by molar-refractivity contribution is 0.0115. The molecule has 0 unspecified atom stereocenters. The number of pyridine rings is 3. The fraction of sp³-hybridized carbons (Fsp3) is 0.172. The van der Waals surface area contributed by atoms with E-state index in [1.807, 2.05) is 30.3 Å². The Morgan fingerprint density at radius 1 is 0.974 bits per heavy atom. The van der Waals surface area contributed by atoms with Gasteiger partial charge in [0.2, 0.25) is 0 Å². The van der Waals surface area contributed by atoms with Crippen LogP contribution in [0.4, 0.5) is 13.2 Å². The van der Waals surface area contributed by atoms with E-state index < -0.39 is 5.92 Å². The van der Waals surface area contributed by atoms with Crippen molar-refractivity contribution in [2.75, 3.05) is 13.1 Å². The number of fused-ring (bicyclic) bond motifs is 2. The largest absolute Gasteiger partial charge is 0.338 e. The first-order valence-electron chi connectivity index (χ1n) is 12.6. The van der Waals surface area contributed by atoms with E-state index >= 15 is 0 Å². The van der Waals surface area contributed by atoms with E-state index in [-0.39, 0.29) is 18.8 Å². The Balaban J connectivity index is 1.24. The highest BCUT2D eigenvalue weighted by Gasteiger charge is 2.37. The summed E-state index contributed by atoms with van der Waals surface area (Å²) in [7, 11) is 0. The first kappa shape index (κ1) is 23.5. The van der Waals surface area contributed by atoms with Crippen molar-refractivity contribution in [2.45, 2.75) is 18.9 Å². The van der Waals surface area contributed by atoms with Gasteiger partial charge in [0.05, 0.1) is 23.4 Å². The maximum absolute atomic E-state index is 13.6. The second kappa shape index (κ2) is 9.02. The molecular weight excluding hydrogens is 503 g/mol. The number of likely N-dealkylation sites (tertiary alicyclic amines) is 1. The molecule has 1 fully saturated rings. The molecule has 6 aromatic rings. The molecule has 7 nitrogen and oxygen atoms in total. The Morgan fingerprint density at radius 3 is 2.67 bits per heavy atom. The summed E-state index contributed by atoms with van der Waals surface area (Å²) in [6.07, 6.45) is 5.02. The number of benzene rings is 1. The molecule has 10 heteroatoms. The van der Waals surface area contributed by atoms with Crippen LogP contribution in [0.25, 0.3) is 55.8 Å². The van der Waals surface area contributed by atoms with Gasteiger partial charge in [-0.1, -0.05) is 12.1 Å². The van der Waals surface area contributed by atoms with E-state index in [1.165, 1.54) is 12.1 Å². The topological polar surface area (TPSA) is 86.4 Å². The Labute approximate surface area is 220 Å². The molecule has 7 rings (SSSR count). The smallest absolute Gasteiger partial charge is 0.261 e. The van der Waals surface area contributed by atoms with Gasteiger partial charge < -0.3 is 4.98 Å². The normalized spacial score (nSPS) is 15.5. The zero-order chi connectivity index (χ0) is 26.6. The average molecular weight is 526 g/mol. The zero-order valence-corrected chi connectivity index (χ0v) is 20.6. The fourth-order valence-corrected chi connectivity index (χ4v) is 5.20. The second-order valence-corrected chi connectivity index (χ2v) is 9.87. The summed E-state index contributed by atoms with van der Waals surface area (Å²) < 4.78 is 40.7. The van der Waals surface area contributed by atoms with Gasteiger partial charge in [-0.25, -0.2) is 23.1 Å². The van der Waals surface area contributed by atoms with Crippen LogP contribution in [0.15, 0.2) is 73.2 Å². The lowest BCUT2D eigenvalue weighted by atomic mass is 10.0. The maximum atomic E-state index is 13.6. The second-order valence-electron chi connectivity index (χ2n) is 9.87. The number of aromatic nitrogens is 6. The molecule has 2 N–H and O–H groups in total. The molecule has 0 amide bonds. The summed E-state index contributed by atoms with van der Waals surface area (Å²) in [5.74, 6) is -2.92. The summed E-state index contributed by atoms with van der Waals surface area (Å²) in [4.78, 5) is 18.8. The van der Waals surface area contributed by atoms with Gasteiger partial charge in [-0.15, -0.1) is 0 Å². The highest BCUT2D eigenvalue weighted by atomic mass is 19.3. The highest BCUT2D eigenvalue weighted by Crippen LogP contribution is 2.34. The molecule has 5 aromatic heterocycles. The van der Waals surface area contributed by atoms with Crippen molar-refractivity contribution >= 4 is 22.1 Å². The molecule has 0 saturated carbocycles. The van der Waals surface area contributed by atoms with Crippen LogP contribution in [0, 0.1) is 5.82 Å². The van der Waals surface area contributed by atoms with Crippen LogP contribution in [0.1, 0.15) is 12.0 Å². The van der Waals surface area contributed by atoms with Gasteiger partial charge in [-0.3, -0.25) is 15.0 Å². The van der Waals surface area contributed by atoms with Crippen molar-refractivity contribution in [3.05, 3.63) is 84.6 Å². The Morgan fingerprint density at radius 2 is 1.85 bits per heavy atom. The number of hydrogen-bond donors (Lipinski definition) is 2. The van der Waals surface area contributed by atoms with Crippen LogP contribution in [0.2, 0.25) is 0 Å². The predicted molar refractivity (Wildman–Crippen MR) is 142 cm³/mol. The summed E-state index contributed by atoms with van der Waals surface area (Å²) in [5.41, 5.74) is 7.66. The van der Waals surface area contributed by atoms with Gasteiger partial charge >= 0.3 is 0 Å². The van der Waals surface area contributed by atoms with Crippen molar-refractivity contribution in [2.24, 2.45) is 0 Å². The fourth-order valence-electron chi connectivity index (χ4n) is 5.20. The molecule has 6 heterocycles. The molecule has 1 aliphatic rings. The third-order valence-electron chi connectivity index (χ3n) is 7.10. The van der Waals surface area contributed by atoms with E-state index in [0.717, 1.165) is 38.9 Å². The summed E-state index contributed by atoms with van der Waals surface area (Å²) >= 11 is 0. The van der Waals surface area contributed by atoms with Crippen molar-refractivity contribution in [3.63, 3.8) is 0 Å². The Kier molecular flexibility index (Phi) is 5.44. The molecule has 1 saturated heterocycles. The Bertz CT molecular complexity index is 1820. The van der Waals surface area contributed by atoms with Crippen molar-refractivity contribution in [3.8, 4) is 33.8 Å². The van der Waals surface area contributed by atoms with Crippen LogP contribution in [-0.2, 0) is 6.54 Å². The molecule has 1 aliphatic heterocycles. The lowest BCUT2D eigenvalue weighted by Crippen LogP contribution is -2.24. The van der Waals surface area contributed by atoms with Gasteiger partial charge in [0.1, 0.15) is 22.7 Å². The number of rotatable bonds is 5. The van der Waals surface area contributed by atoms with Gasteiger partial charge in [0, 0.05) is 49.1 Å². The monoisotopic (exact) mass is 525 g/mol. The minimum Gasteiger partial charge on any atom is -0.338 e. The number of nitrogens with one attached hydrogen (secondary N) is 2. The molecule has 0 aliphatic carbocycles. The van der Waals surface area contributed by atoms with E-state index in [2.05, 4.69) is 25.1 Å². The number of H-pyrrole nitrogens is 2. The van der Waals surface area contributed by atoms with E-state index in [9.17, 15) is 13.2 Å². The summed E-state index contributed by atoms with van der Waals surface area (Å²) in [5, 5.41) is 8.45. The number of aromatic amines is 2. The molecule has 0 atom stereocenters. The average Bonchev–Trinajstić information content (AvgIpc) is 3.64. The van der Waals surface area contributed by atoms with Crippen LogP contribution < -0.4 is 0 Å². The Hall–Kier alpha value is -4.57. The van der Waals surface area contributed by atoms with Gasteiger partial charge in [0.15, 0.2) is 0 Å². The third kappa shape index (κ3) is 4.42. The summed E-state index contributed by atoms with van der Waals surface area (Å²) in [6, 6.07) is 16.0. The number of halogens is 3. The van der Waals surface area contributed by atoms with Gasteiger partial charge in [-0.05, 0) is 59.2 Å². The first-order valence-corrected chi connectivity index (χ1v) is 12.6. The molecular formula is C29H22F3N7. The van der Waals surface area contributed by atoms with Crippen LogP contribution in [-0.4, -0.2) is 54.0 Å². The lowest BCUT2D eigenvalue weighted by Gasteiger charge is -2.15. The van der Waals surface area contributed by atoms with Crippen LogP contribution in [0.5, 0.6) is 0 Å². The van der Waals surface area contributed by atoms with Crippen molar-refractivity contribution in [1.82, 2.24) is 35.0 Å². The highest BCUT2D eigenvalue weighted by molar-refractivity contribution is 5.99. The van der Waals surface area contributed by atoms with Crippen LogP contribution >= 0.6 is 0 Å². The third-order valence-corrected chi connectivity index (χ3v) is 7.10. The first-order chi connectivity index (χ1) is 18.9. The minimum absolute atomic E-state index is 0.115. The SMILES string of the molecule is Fc1ccc(-c2ccnc3[nH]c(-c4n[nH]c5ccc(-c6cncc(CN7CCC(F)(F)C7)c6)nc45)cc23)cc1. The summed E-state index contributed by atoms with van der Waals surface area (Å²) in [6.45, 7) is 0.540. The van der Waals surface area contributed by atoms with E-state index in [0.29, 0.717) is 35.6 Å². The number of alkyl halides is 2. The standard InChI is InChI=1S/C29H22F3N7/c30-20-3-1-18(2-4-20)21-7-9-34-28-22(21)12-25(36-28)27-26-24(37-38-27)6-5-23(35-26)19-11-17(13-33-14-19)15-39-10-8-29(31,32)16-39/h1-7,9,11-14H,8,10,15-16H2,(H,34,36)(H,37,38). The predicted octanol–water partition coefficient (Wildman–Crippen LogP) is 6.21. The quantitative estimate of drug-likeness (QED) is 0.280. The van der Waals surface area contributed by atoms with Gasteiger partial charge in [-0.2, -0.15) is 5.10 Å². The van der Waals surface area contributed by atoms with Gasteiger partial charge in [0.25, 0.3) is 5.92 Å². The van der Waals surface area contributed by atoms with E-state index in [4.69, 9.17) is 4.98 Å². The number of hydrogen-bond acceptors (Lipinski definition) is 5. The molecule has 0 radical (unpaired) electrons. The van der Waals surface area contributed by atoms with E-state index in [1.54, 1.807) is 35.6 Å². The number of nitrogens with zero attached hydrogens (tertiary/aromatic N) is 5. The van der Waals surface area contributed by atoms with Crippen molar-refractivity contribution in [1.29, 1.82) is 0 Å². The molecule has 0 spiro atoms. The van der Waals surface area contributed by atoms with Crippen molar-refractivity contribution < 1.29 is 13.2 Å². The molecule has 194 valence electrons. The molecule has 0 bridgehead atoms. The van der Waals surface area contributed by atoms with Crippen LogP contribution in [0.3, 0.4) is 0 Å². The zero-order valence-electron chi connectivity index (χ0n) is 20.6. The maximum Gasteiger partial charge on any atom is 0.261 e. The minimum atomic E-state index is -2.63. The molecule has 39 heavy (non-hydrogen) atoms. The molecule has 1 aromatic carbocycles.